The minimum Gasteiger partial charge on any atom is -0.494 e. The van der Waals surface area contributed by atoms with Crippen LogP contribution in [0.3, 0.4) is 0 Å². The van der Waals surface area contributed by atoms with E-state index in [0.29, 0.717) is 40.3 Å². The summed E-state index contributed by atoms with van der Waals surface area (Å²) in [5.74, 6) is -0.0620. The minimum atomic E-state index is -0.443. The summed E-state index contributed by atoms with van der Waals surface area (Å²) in [5.41, 5.74) is 3.01. The molecule has 0 bridgehead atoms. The predicted molar refractivity (Wildman–Crippen MR) is 121 cm³/mol. The Kier molecular flexibility index (Phi) is 5.71. The molecule has 0 saturated heterocycles. The number of aryl methyl sites for hydroxylation is 1. The molecule has 0 radical (unpaired) electrons. The number of furan rings is 1. The number of ether oxygens (including phenoxy) is 1. The Hall–Kier alpha value is -4.06. The van der Waals surface area contributed by atoms with Crippen LogP contribution in [0.5, 0.6) is 5.75 Å². The third-order valence-electron chi connectivity index (χ3n) is 4.78. The van der Waals surface area contributed by atoms with Gasteiger partial charge in [0.25, 0.3) is 11.8 Å². The molecule has 3 aromatic carbocycles. The third kappa shape index (κ3) is 4.43. The zero-order valence-corrected chi connectivity index (χ0v) is 17.3. The average molecular weight is 414 g/mol. The van der Waals surface area contributed by atoms with E-state index >= 15 is 0 Å². The second-order valence-electron chi connectivity index (χ2n) is 7.03. The van der Waals surface area contributed by atoms with Gasteiger partial charge in [-0.25, -0.2) is 0 Å². The molecule has 0 saturated carbocycles. The van der Waals surface area contributed by atoms with Crippen molar-refractivity contribution in [1.29, 1.82) is 0 Å². The monoisotopic (exact) mass is 414 g/mol. The van der Waals surface area contributed by atoms with Crippen molar-refractivity contribution in [3.05, 3.63) is 89.7 Å². The number of para-hydroxylation sites is 1. The predicted octanol–water partition coefficient (Wildman–Crippen LogP) is 5.64. The first kappa shape index (κ1) is 20.2. The van der Waals surface area contributed by atoms with Gasteiger partial charge >= 0.3 is 0 Å². The molecule has 1 heterocycles. The van der Waals surface area contributed by atoms with Crippen molar-refractivity contribution >= 4 is 34.2 Å². The maximum atomic E-state index is 13.0. The van der Waals surface area contributed by atoms with Crippen molar-refractivity contribution in [2.45, 2.75) is 13.8 Å². The quantitative estimate of drug-likeness (QED) is 0.428. The highest BCUT2D eigenvalue weighted by molar-refractivity contribution is 6.16. The maximum Gasteiger partial charge on any atom is 0.293 e. The minimum absolute atomic E-state index is 0.0426. The molecule has 0 aliphatic rings. The van der Waals surface area contributed by atoms with E-state index in [1.54, 1.807) is 36.4 Å². The van der Waals surface area contributed by atoms with Crippen molar-refractivity contribution < 1.29 is 18.7 Å². The summed E-state index contributed by atoms with van der Waals surface area (Å²) in [7, 11) is 0. The first-order chi connectivity index (χ1) is 15.0. The first-order valence-electron chi connectivity index (χ1n) is 9.99. The molecule has 2 N–H and O–H groups in total. The third-order valence-corrected chi connectivity index (χ3v) is 4.78. The Morgan fingerprint density at radius 1 is 0.871 bits per heavy atom. The number of nitrogens with one attached hydrogen (secondary N) is 2. The summed E-state index contributed by atoms with van der Waals surface area (Å²) in [4.78, 5) is 25.8. The van der Waals surface area contributed by atoms with E-state index in [-0.39, 0.29) is 11.7 Å². The molecular weight excluding hydrogens is 392 g/mol. The van der Waals surface area contributed by atoms with Crippen molar-refractivity contribution in [1.82, 2.24) is 0 Å². The van der Waals surface area contributed by atoms with Gasteiger partial charge in [0.2, 0.25) is 5.76 Å². The van der Waals surface area contributed by atoms with Gasteiger partial charge in [-0.15, -0.1) is 0 Å². The Morgan fingerprint density at radius 3 is 2.29 bits per heavy atom. The van der Waals surface area contributed by atoms with Crippen LogP contribution in [0, 0.1) is 6.92 Å². The topological polar surface area (TPSA) is 80.6 Å². The van der Waals surface area contributed by atoms with Crippen molar-refractivity contribution in [2.24, 2.45) is 0 Å². The fourth-order valence-electron chi connectivity index (χ4n) is 3.21. The molecule has 0 atom stereocenters. The van der Waals surface area contributed by atoms with Gasteiger partial charge in [0.15, 0.2) is 0 Å². The maximum absolute atomic E-state index is 13.0. The Labute approximate surface area is 179 Å². The summed E-state index contributed by atoms with van der Waals surface area (Å²) in [5, 5.41) is 6.31. The van der Waals surface area contributed by atoms with Crippen LogP contribution in [0.2, 0.25) is 0 Å². The smallest absolute Gasteiger partial charge is 0.293 e. The number of hydrogen-bond acceptors (Lipinski definition) is 4. The molecule has 0 fully saturated rings. The van der Waals surface area contributed by atoms with Gasteiger partial charge in [-0.2, -0.15) is 0 Å². The zero-order valence-electron chi connectivity index (χ0n) is 17.3. The Balaban J connectivity index is 1.63. The molecule has 0 unspecified atom stereocenters. The van der Waals surface area contributed by atoms with Crippen LogP contribution < -0.4 is 15.4 Å². The standard InChI is InChI=1S/C25H22N2O4/c1-3-30-19-14-10-17(11-15-19)24(28)27-22-20-6-4-5-7-21(20)31-23(22)25(29)26-18-12-8-16(2)9-13-18/h4-15H,3H2,1-2H3,(H,26,29)(H,27,28). The molecule has 1 aromatic heterocycles. The molecule has 6 heteroatoms. The highest BCUT2D eigenvalue weighted by atomic mass is 16.5. The molecule has 2 amide bonds. The number of carbonyl (C=O) groups excluding carboxylic acids is 2. The van der Waals surface area contributed by atoms with Gasteiger partial charge in [-0.05, 0) is 62.4 Å². The van der Waals surface area contributed by atoms with Crippen LogP contribution >= 0.6 is 0 Å². The van der Waals surface area contributed by atoms with E-state index < -0.39 is 5.91 Å². The second-order valence-corrected chi connectivity index (χ2v) is 7.03. The molecular formula is C25H22N2O4. The van der Waals surface area contributed by atoms with Crippen LogP contribution in [-0.4, -0.2) is 18.4 Å². The van der Waals surface area contributed by atoms with E-state index in [2.05, 4.69) is 10.6 Å². The lowest BCUT2D eigenvalue weighted by Crippen LogP contribution is -2.17. The summed E-state index contributed by atoms with van der Waals surface area (Å²) in [6.45, 7) is 4.42. The number of rotatable bonds is 6. The summed E-state index contributed by atoms with van der Waals surface area (Å²) in [6.07, 6.45) is 0. The van der Waals surface area contributed by atoms with Gasteiger partial charge < -0.3 is 19.8 Å². The number of anilines is 2. The largest absolute Gasteiger partial charge is 0.494 e. The van der Waals surface area contributed by atoms with Gasteiger partial charge in [0.05, 0.1) is 6.61 Å². The summed E-state index contributed by atoms with van der Waals surface area (Å²) in [6, 6.07) is 21.4. The van der Waals surface area contributed by atoms with Crippen LogP contribution in [0.25, 0.3) is 11.0 Å². The van der Waals surface area contributed by atoms with Crippen LogP contribution in [-0.2, 0) is 0 Å². The number of fused-ring (bicyclic) bond motifs is 1. The highest BCUT2D eigenvalue weighted by Gasteiger charge is 2.23. The molecule has 6 nitrogen and oxygen atoms in total. The molecule has 4 aromatic rings. The number of benzene rings is 3. The van der Waals surface area contributed by atoms with Gasteiger partial charge in [0.1, 0.15) is 17.0 Å². The zero-order chi connectivity index (χ0) is 21.8. The lowest BCUT2D eigenvalue weighted by Gasteiger charge is -2.08. The van der Waals surface area contributed by atoms with Gasteiger partial charge in [-0.3, -0.25) is 9.59 Å². The van der Waals surface area contributed by atoms with Gasteiger partial charge in [-0.1, -0.05) is 29.8 Å². The Bertz CT molecular complexity index is 1220. The number of amides is 2. The van der Waals surface area contributed by atoms with Gasteiger partial charge in [0, 0.05) is 16.6 Å². The molecule has 0 aliphatic heterocycles. The second kappa shape index (κ2) is 8.75. The van der Waals surface area contributed by atoms with E-state index in [1.165, 1.54) is 0 Å². The average Bonchev–Trinajstić information content (AvgIpc) is 3.15. The highest BCUT2D eigenvalue weighted by Crippen LogP contribution is 2.32. The van der Waals surface area contributed by atoms with Crippen molar-refractivity contribution in [3.8, 4) is 5.75 Å². The SMILES string of the molecule is CCOc1ccc(C(=O)Nc2c(C(=O)Nc3ccc(C)cc3)oc3ccccc23)cc1. The van der Waals surface area contributed by atoms with Crippen molar-refractivity contribution in [3.63, 3.8) is 0 Å². The molecule has 0 aliphatic carbocycles. The van der Waals surface area contributed by atoms with E-state index in [1.807, 2.05) is 50.2 Å². The molecule has 156 valence electrons. The molecule has 4 rings (SSSR count). The van der Waals surface area contributed by atoms with Crippen molar-refractivity contribution in [2.75, 3.05) is 17.2 Å². The van der Waals surface area contributed by atoms with Crippen LogP contribution in [0.15, 0.2) is 77.2 Å². The van der Waals surface area contributed by atoms with E-state index in [9.17, 15) is 9.59 Å². The molecule has 31 heavy (non-hydrogen) atoms. The normalized spacial score (nSPS) is 10.6. The van der Waals surface area contributed by atoms with E-state index in [4.69, 9.17) is 9.15 Å². The summed E-state index contributed by atoms with van der Waals surface area (Å²) < 4.78 is 11.2. The number of hydrogen-bond donors (Lipinski definition) is 2. The lowest BCUT2D eigenvalue weighted by atomic mass is 10.1. The van der Waals surface area contributed by atoms with Crippen LogP contribution in [0.1, 0.15) is 33.4 Å². The fourth-order valence-corrected chi connectivity index (χ4v) is 3.21. The fraction of sp³-hybridized carbons (Fsp3) is 0.120. The first-order valence-corrected chi connectivity index (χ1v) is 9.99. The van der Waals surface area contributed by atoms with Crippen LogP contribution in [0.4, 0.5) is 11.4 Å². The Morgan fingerprint density at radius 2 is 1.58 bits per heavy atom. The van der Waals surface area contributed by atoms with E-state index in [0.717, 1.165) is 5.56 Å². The lowest BCUT2D eigenvalue weighted by molar-refractivity contribution is 0.0999. The number of carbonyl (C=O) groups is 2. The molecule has 0 spiro atoms. The summed E-state index contributed by atoms with van der Waals surface area (Å²) >= 11 is 0.